The lowest BCUT2D eigenvalue weighted by Gasteiger charge is -2.19. The lowest BCUT2D eigenvalue weighted by Crippen LogP contribution is -2.23. The van der Waals surface area contributed by atoms with E-state index in [9.17, 15) is 9.59 Å². The zero-order valence-electron chi connectivity index (χ0n) is 11.5. The van der Waals surface area contributed by atoms with E-state index in [0.717, 1.165) is 6.08 Å². The minimum atomic E-state index is -0.501. The molecule has 18 heavy (non-hydrogen) atoms. The maximum absolute atomic E-state index is 10.8. The topological polar surface area (TPSA) is 72.8 Å². The van der Waals surface area contributed by atoms with E-state index < -0.39 is 11.6 Å². The molecule has 5 heteroatoms. The monoisotopic (exact) mass is 258 g/mol. The molecule has 0 saturated heterocycles. The van der Waals surface area contributed by atoms with Gasteiger partial charge >= 0.3 is 11.9 Å². The van der Waals surface area contributed by atoms with Gasteiger partial charge in [-0.1, -0.05) is 13.2 Å². The van der Waals surface area contributed by atoms with Crippen LogP contribution in [0.3, 0.4) is 0 Å². The Hall–Kier alpha value is -1.62. The van der Waals surface area contributed by atoms with Crippen LogP contribution in [0, 0.1) is 0 Å². The smallest absolute Gasteiger partial charge is 0.333 e. The molecule has 0 spiro atoms. The van der Waals surface area contributed by atoms with Crippen molar-refractivity contribution in [3.8, 4) is 0 Å². The molecule has 0 aromatic carbocycles. The molecular weight excluding hydrogens is 236 g/mol. The second kappa shape index (κ2) is 9.41. The van der Waals surface area contributed by atoms with Crippen molar-refractivity contribution in [2.24, 2.45) is 0 Å². The first-order valence-electron chi connectivity index (χ1n) is 5.43. The predicted octanol–water partition coefficient (Wildman–Crippen LogP) is 1.61. The molecule has 104 valence electrons. The van der Waals surface area contributed by atoms with Gasteiger partial charge in [0.2, 0.25) is 0 Å². The van der Waals surface area contributed by atoms with Gasteiger partial charge in [0.25, 0.3) is 0 Å². The number of aliphatic hydroxyl groups excluding tert-OH is 1. The molecule has 0 aliphatic heterocycles. The molecular formula is C13H22O5. The van der Waals surface area contributed by atoms with E-state index >= 15 is 0 Å². The minimum absolute atomic E-state index is 0.0465. The van der Waals surface area contributed by atoms with Gasteiger partial charge in [-0.15, -0.1) is 0 Å². The molecule has 0 fully saturated rings. The summed E-state index contributed by atoms with van der Waals surface area (Å²) in [6.45, 7) is 13.6. The summed E-state index contributed by atoms with van der Waals surface area (Å²) in [6, 6.07) is 0. The molecule has 0 aromatic heterocycles. The summed E-state index contributed by atoms with van der Waals surface area (Å²) >= 11 is 0. The highest BCUT2D eigenvalue weighted by atomic mass is 16.6. The Bertz CT molecular complexity index is 299. The summed E-state index contributed by atoms with van der Waals surface area (Å²) in [6.07, 6.45) is 1.05. The molecule has 0 saturated carbocycles. The minimum Gasteiger partial charge on any atom is -0.460 e. The van der Waals surface area contributed by atoms with Gasteiger partial charge in [-0.2, -0.15) is 0 Å². The number of carbonyl (C=O) groups is 2. The maximum atomic E-state index is 10.8. The number of carbonyl (C=O) groups excluding carboxylic acids is 2. The van der Waals surface area contributed by atoms with Crippen LogP contribution in [0.5, 0.6) is 0 Å². The fourth-order valence-electron chi connectivity index (χ4n) is 0.570. The Labute approximate surface area is 108 Å². The van der Waals surface area contributed by atoms with Gasteiger partial charge in [0.15, 0.2) is 0 Å². The molecule has 0 amide bonds. The second-order valence-corrected chi connectivity index (χ2v) is 4.38. The maximum Gasteiger partial charge on any atom is 0.333 e. The van der Waals surface area contributed by atoms with Gasteiger partial charge in [0.05, 0.1) is 6.61 Å². The van der Waals surface area contributed by atoms with E-state index in [0.29, 0.717) is 5.57 Å². The molecule has 0 radical (unpaired) electrons. The van der Waals surface area contributed by atoms with Crippen molar-refractivity contribution in [1.82, 2.24) is 0 Å². The van der Waals surface area contributed by atoms with Gasteiger partial charge in [0.1, 0.15) is 12.2 Å². The van der Waals surface area contributed by atoms with Gasteiger partial charge in [-0.05, 0) is 27.7 Å². The zero-order chi connectivity index (χ0) is 14.8. The molecule has 0 heterocycles. The lowest BCUT2D eigenvalue weighted by molar-refractivity contribution is -0.149. The van der Waals surface area contributed by atoms with E-state index in [2.05, 4.69) is 17.9 Å². The van der Waals surface area contributed by atoms with Gasteiger partial charge in [-0.25, -0.2) is 9.59 Å². The Morgan fingerprint density at radius 2 is 1.83 bits per heavy atom. The van der Waals surface area contributed by atoms with E-state index in [1.165, 1.54) is 0 Å². The van der Waals surface area contributed by atoms with Crippen LogP contribution in [0.4, 0.5) is 0 Å². The van der Waals surface area contributed by atoms with Crippen molar-refractivity contribution in [3.05, 3.63) is 24.8 Å². The molecule has 0 aliphatic carbocycles. The third kappa shape index (κ3) is 14.4. The second-order valence-electron chi connectivity index (χ2n) is 4.38. The number of aliphatic hydroxyl groups is 1. The molecule has 0 unspecified atom stereocenters. The standard InChI is InChI=1S/C8H14O2.C5H8O3/c1-6(2)7(9)10-8(3,4)5;1-2-5(7)8-4-3-6/h1H2,2-5H3;2,6H,1,3-4H2. The normalized spacial score (nSPS) is 9.61. The molecule has 1 N–H and O–H groups in total. The summed E-state index contributed by atoms with van der Waals surface area (Å²) < 4.78 is 9.29. The van der Waals surface area contributed by atoms with Crippen molar-refractivity contribution < 1.29 is 24.2 Å². The Kier molecular flexibility index (Phi) is 9.80. The average Bonchev–Trinajstić information content (AvgIpc) is 2.24. The summed E-state index contributed by atoms with van der Waals surface area (Å²) in [5, 5.41) is 8.10. The van der Waals surface area contributed by atoms with Gasteiger partial charge in [-0.3, -0.25) is 0 Å². The molecule has 0 aromatic rings. The first-order chi connectivity index (χ1) is 8.14. The lowest BCUT2D eigenvalue weighted by atomic mass is 10.2. The van der Waals surface area contributed by atoms with Crippen molar-refractivity contribution in [3.63, 3.8) is 0 Å². The number of rotatable bonds is 4. The summed E-state index contributed by atoms with van der Waals surface area (Å²) in [5.41, 5.74) is 0.0330. The van der Waals surface area contributed by atoms with Crippen LogP contribution >= 0.6 is 0 Å². The van der Waals surface area contributed by atoms with Crippen LogP contribution in [0.15, 0.2) is 24.8 Å². The summed E-state index contributed by atoms with van der Waals surface area (Å²) in [4.78, 5) is 21.0. The zero-order valence-corrected chi connectivity index (χ0v) is 11.5. The van der Waals surface area contributed by atoms with Crippen LogP contribution in [0.25, 0.3) is 0 Å². The largest absolute Gasteiger partial charge is 0.460 e. The quantitative estimate of drug-likeness (QED) is 0.612. The van der Waals surface area contributed by atoms with Crippen molar-refractivity contribution in [1.29, 1.82) is 0 Å². The van der Waals surface area contributed by atoms with E-state index in [1.807, 2.05) is 20.8 Å². The third-order valence-electron chi connectivity index (χ3n) is 1.25. The SMILES string of the molecule is C=C(C)C(=O)OC(C)(C)C.C=CC(=O)OCCO. The Morgan fingerprint density at radius 3 is 2.06 bits per heavy atom. The predicted molar refractivity (Wildman–Crippen MR) is 68.9 cm³/mol. The highest BCUT2D eigenvalue weighted by molar-refractivity contribution is 5.87. The highest BCUT2D eigenvalue weighted by Crippen LogP contribution is 2.09. The summed E-state index contributed by atoms with van der Waals surface area (Å²) in [5.74, 6) is -0.827. The summed E-state index contributed by atoms with van der Waals surface area (Å²) in [7, 11) is 0. The fourth-order valence-corrected chi connectivity index (χ4v) is 0.570. The number of hydrogen-bond donors (Lipinski definition) is 1. The van der Waals surface area contributed by atoms with Gasteiger partial charge < -0.3 is 14.6 Å². The first-order valence-corrected chi connectivity index (χ1v) is 5.43. The van der Waals surface area contributed by atoms with Crippen LogP contribution < -0.4 is 0 Å². The van der Waals surface area contributed by atoms with Crippen LogP contribution in [-0.2, 0) is 19.1 Å². The van der Waals surface area contributed by atoms with Crippen molar-refractivity contribution in [2.75, 3.05) is 13.2 Å². The van der Waals surface area contributed by atoms with Crippen LogP contribution in [0.2, 0.25) is 0 Å². The molecule has 5 nitrogen and oxygen atoms in total. The van der Waals surface area contributed by atoms with E-state index in [4.69, 9.17) is 9.84 Å². The van der Waals surface area contributed by atoms with Crippen LogP contribution in [-0.4, -0.2) is 35.9 Å². The third-order valence-corrected chi connectivity index (χ3v) is 1.25. The van der Waals surface area contributed by atoms with E-state index in [-0.39, 0.29) is 19.2 Å². The molecule has 0 atom stereocenters. The molecule has 0 rings (SSSR count). The van der Waals surface area contributed by atoms with Gasteiger partial charge in [0, 0.05) is 11.6 Å². The Morgan fingerprint density at radius 1 is 1.33 bits per heavy atom. The fraction of sp³-hybridized carbons (Fsp3) is 0.538. The van der Waals surface area contributed by atoms with Crippen LogP contribution in [0.1, 0.15) is 27.7 Å². The highest BCUT2D eigenvalue weighted by Gasteiger charge is 2.15. The average molecular weight is 258 g/mol. The number of esters is 2. The molecule has 0 bridgehead atoms. The first kappa shape index (κ1) is 18.7. The molecule has 0 aliphatic rings. The number of ether oxygens (including phenoxy) is 2. The number of hydrogen-bond acceptors (Lipinski definition) is 5. The Balaban J connectivity index is 0. The van der Waals surface area contributed by atoms with Crippen molar-refractivity contribution >= 4 is 11.9 Å². The van der Waals surface area contributed by atoms with E-state index in [1.54, 1.807) is 6.92 Å². The van der Waals surface area contributed by atoms with Crippen molar-refractivity contribution in [2.45, 2.75) is 33.3 Å².